The lowest BCUT2D eigenvalue weighted by Gasteiger charge is -2.37. The quantitative estimate of drug-likeness (QED) is 0.600. The van der Waals surface area contributed by atoms with Gasteiger partial charge in [-0.25, -0.2) is 17.9 Å². The minimum Gasteiger partial charge on any atom is -0.478 e. The molecule has 0 fully saturated rings. The maximum absolute atomic E-state index is 12.1. The predicted molar refractivity (Wildman–Crippen MR) is 66.2 cm³/mol. The molecule has 0 spiro atoms. The van der Waals surface area contributed by atoms with E-state index in [0.29, 0.717) is 0 Å². The third-order valence-corrected chi connectivity index (χ3v) is 4.65. The second-order valence-corrected chi connectivity index (χ2v) is 6.83. The van der Waals surface area contributed by atoms with Crippen LogP contribution in [0.3, 0.4) is 0 Å². The Hall–Kier alpha value is -1.45. The zero-order valence-corrected chi connectivity index (χ0v) is 11.9. The van der Waals surface area contributed by atoms with Gasteiger partial charge in [-0.2, -0.15) is 5.10 Å². The molecule has 0 amide bonds. The van der Waals surface area contributed by atoms with Crippen molar-refractivity contribution < 1.29 is 23.4 Å². The summed E-state index contributed by atoms with van der Waals surface area (Å²) < 4.78 is 26.5. The number of hydrogen-bond acceptors (Lipinski definition) is 5. The average molecular weight is 291 g/mol. The Morgan fingerprint density at radius 1 is 1.37 bits per heavy atom. The standard InChI is InChI=1S/C10H17N3O5S/c1-9(2,10(3,4)16)13-19(17,18)7-6(8(14)15)5-11-12-7/h5,13,16H,1-4H3,(H,11,12)(H,14,15). The summed E-state index contributed by atoms with van der Waals surface area (Å²) in [6.07, 6.45) is 0.911. The van der Waals surface area contributed by atoms with E-state index in [2.05, 4.69) is 14.9 Å². The molecule has 8 nitrogen and oxygen atoms in total. The minimum absolute atomic E-state index is 0.459. The molecule has 0 aliphatic heterocycles. The fraction of sp³-hybridized carbons (Fsp3) is 0.600. The van der Waals surface area contributed by atoms with Crippen LogP contribution in [0.15, 0.2) is 11.2 Å². The van der Waals surface area contributed by atoms with Crippen molar-refractivity contribution in [3.05, 3.63) is 11.8 Å². The second-order valence-electron chi connectivity index (χ2n) is 5.21. The lowest BCUT2D eigenvalue weighted by Crippen LogP contribution is -2.57. The molecule has 1 aromatic rings. The van der Waals surface area contributed by atoms with Crippen molar-refractivity contribution in [3.63, 3.8) is 0 Å². The van der Waals surface area contributed by atoms with E-state index in [1.165, 1.54) is 27.7 Å². The normalized spacial score (nSPS) is 13.5. The summed E-state index contributed by atoms with van der Waals surface area (Å²) in [5, 5.41) is 23.8. The highest BCUT2D eigenvalue weighted by Crippen LogP contribution is 2.23. The van der Waals surface area contributed by atoms with E-state index in [9.17, 15) is 18.3 Å². The number of carbonyl (C=O) groups is 1. The molecule has 1 heterocycles. The van der Waals surface area contributed by atoms with Gasteiger partial charge in [-0.05, 0) is 27.7 Å². The molecular weight excluding hydrogens is 274 g/mol. The van der Waals surface area contributed by atoms with Crippen LogP contribution < -0.4 is 4.72 Å². The molecule has 108 valence electrons. The van der Waals surface area contributed by atoms with Gasteiger partial charge in [-0.1, -0.05) is 0 Å². The third-order valence-electron chi connectivity index (χ3n) is 3.02. The van der Waals surface area contributed by atoms with Crippen molar-refractivity contribution in [1.29, 1.82) is 0 Å². The van der Waals surface area contributed by atoms with E-state index in [1.807, 2.05) is 0 Å². The Morgan fingerprint density at radius 3 is 2.32 bits per heavy atom. The Kier molecular flexibility index (Phi) is 3.76. The summed E-state index contributed by atoms with van der Waals surface area (Å²) in [5.41, 5.74) is -3.00. The number of carboxylic acid groups (broad SMARTS) is 1. The fourth-order valence-corrected chi connectivity index (χ4v) is 2.77. The van der Waals surface area contributed by atoms with Crippen LogP contribution in [0.5, 0.6) is 0 Å². The van der Waals surface area contributed by atoms with Crippen LogP contribution in [0.4, 0.5) is 0 Å². The molecule has 0 aliphatic rings. The van der Waals surface area contributed by atoms with Crippen LogP contribution in [0.2, 0.25) is 0 Å². The molecule has 4 N–H and O–H groups in total. The summed E-state index contributed by atoms with van der Waals surface area (Å²) >= 11 is 0. The molecule has 9 heteroatoms. The van der Waals surface area contributed by atoms with Crippen LogP contribution in [-0.4, -0.2) is 45.9 Å². The first-order chi connectivity index (χ1) is 8.38. The molecule has 0 saturated carbocycles. The van der Waals surface area contributed by atoms with Gasteiger partial charge in [0.15, 0.2) is 5.03 Å². The molecule has 0 saturated heterocycles. The Morgan fingerprint density at radius 2 is 1.89 bits per heavy atom. The van der Waals surface area contributed by atoms with Crippen molar-refractivity contribution in [2.45, 2.75) is 43.9 Å². The summed E-state index contributed by atoms with van der Waals surface area (Å²) in [6.45, 7) is 5.86. The number of nitrogens with zero attached hydrogens (tertiary/aromatic N) is 1. The van der Waals surface area contributed by atoms with Crippen LogP contribution >= 0.6 is 0 Å². The second kappa shape index (κ2) is 4.58. The average Bonchev–Trinajstić information content (AvgIpc) is 2.62. The number of rotatable bonds is 5. The molecule has 1 aromatic heterocycles. The first-order valence-electron chi connectivity index (χ1n) is 5.41. The van der Waals surface area contributed by atoms with Crippen LogP contribution in [0.1, 0.15) is 38.1 Å². The van der Waals surface area contributed by atoms with E-state index < -0.39 is 37.7 Å². The lowest BCUT2D eigenvalue weighted by atomic mass is 9.87. The third kappa shape index (κ3) is 3.11. The Labute approximate surface area is 110 Å². The van der Waals surface area contributed by atoms with Crippen molar-refractivity contribution in [3.8, 4) is 0 Å². The topological polar surface area (TPSA) is 132 Å². The lowest BCUT2D eigenvalue weighted by molar-refractivity contribution is 0.00635. The molecule has 0 aromatic carbocycles. The Bertz CT molecular complexity index is 583. The Balaban J connectivity index is 3.20. The number of carboxylic acids is 1. The minimum atomic E-state index is -4.14. The first kappa shape index (κ1) is 15.6. The zero-order valence-electron chi connectivity index (χ0n) is 11.1. The van der Waals surface area contributed by atoms with Crippen LogP contribution in [0, 0.1) is 0 Å². The van der Waals surface area contributed by atoms with Crippen molar-refractivity contribution in [2.75, 3.05) is 0 Å². The highest BCUT2D eigenvalue weighted by molar-refractivity contribution is 7.89. The number of aromatic nitrogens is 2. The van der Waals surface area contributed by atoms with Gasteiger partial charge in [0.05, 0.1) is 17.3 Å². The SMILES string of the molecule is CC(C)(O)C(C)(C)NS(=O)(=O)c1[nH]ncc1C(=O)O. The number of H-pyrrole nitrogens is 1. The summed E-state index contributed by atoms with van der Waals surface area (Å²) in [4.78, 5) is 10.9. The van der Waals surface area contributed by atoms with E-state index in [0.717, 1.165) is 6.20 Å². The van der Waals surface area contributed by atoms with Crippen molar-refractivity contribution in [2.24, 2.45) is 0 Å². The van der Waals surface area contributed by atoms with Gasteiger partial charge in [-0.3, -0.25) is 5.10 Å². The number of hydrogen-bond donors (Lipinski definition) is 4. The van der Waals surface area contributed by atoms with Gasteiger partial charge in [0, 0.05) is 0 Å². The van der Waals surface area contributed by atoms with E-state index >= 15 is 0 Å². The first-order valence-corrected chi connectivity index (χ1v) is 6.90. The molecule has 1 rings (SSSR count). The van der Waals surface area contributed by atoms with Gasteiger partial charge >= 0.3 is 5.97 Å². The van der Waals surface area contributed by atoms with Gasteiger partial charge in [-0.15, -0.1) is 0 Å². The van der Waals surface area contributed by atoms with Crippen molar-refractivity contribution >= 4 is 16.0 Å². The van der Waals surface area contributed by atoms with Gasteiger partial charge in [0.25, 0.3) is 10.0 Å². The summed E-state index contributed by atoms with van der Waals surface area (Å²) in [6, 6.07) is 0. The highest BCUT2D eigenvalue weighted by Gasteiger charge is 2.40. The van der Waals surface area contributed by atoms with E-state index in [1.54, 1.807) is 0 Å². The predicted octanol–water partition coefficient (Wildman–Crippen LogP) is -0.0643. The van der Waals surface area contributed by atoms with Crippen LogP contribution in [-0.2, 0) is 10.0 Å². The molecule has 0 atom stereocenters. The van der Waals surface area contributed by atoms with Crippen LogP contribution in [0.25, 0.3) is 0 Å². The van der Waals surface area contributed by atoms with E-state index in [4.69, 9.17) is 5.11 Å². The molecule has 0 bridgehead atoms. The number of sulfonamides is 1. The largest absolute Gasteiger partial charge is 0.478 e. The van der Waals surface area contributed by atoms with Gasteiger partial charge in [0.1, 0.15) is 5.56 Å². The maximum atomic E-state index is 12.1. The zero-order chi connectivity index (χ0) is 15.1. The maximum Gasteiger partial charge on any atom is 0.340 e. The van der Waals surface area contributed by atoms with E-state index in [-0.39, 0.29) is 0 Å². The molecule has 0 radical (unpaired) electrons. The summed E-state index contributed by atoms with van der Waals surface area (Å²) in [7, 11) is -4.14. The molecule has 0 aliphatic carbocycles. The smallest absolute Gasteiger partial charge is 0.340 e. The number of aromatic amines is 1. The highest BCUT2D eigenvalue weighted by atomic mass is 32.2. The fourth-order valence-electron chi connectivity index (χ4n) is 1.14. The van der Waals surface area contributed by atoms with Gasteiger partial charge in [0.2, 0.25) is 0 Å². The van der Waals surface area contributed by atoms with Gasteiger partial charge < -0.3 is 10.2 Å². The number of nitrogens with one attached hydrogen (secondary N) is 2. The monoisotopic (exact) mass is 291 g/mol. The molecule has 0 unspecified atom stereocenters. The molecule has 19 heavy (non-hydrogen) atoms. The number of aromatic carboxylic acids is 1. The van der Waals surface area contributed by atoms with Crippen molar-refractivity contribution in [1.82, 2.24) is 14.9 Å². The number of aliphatic hydroxyl groups is 1. The molecular formula is C10H17N3O5S. The summed E-state index contributed by atoms with van der Waals surface area (Å²) in [5.74, 6) is -1.41.